The topological polar surface area (TPSA) is 75.4 Å². The average molecular weight is 383 g/mol. The first-order valence-corrected chi connectivity index (χ1v) is 9.92. The number of benzene rings is 1. The van der Waals surface area contributed by atoms with Gasteiger partial charge in [-0.05, 0) is 37.3 Å². The molecule has 1 N–H and O–H groups in total. The van der Waals surface area contributed by atoms with Gasteiger partial charge < -0.3 is 10.0 Å². The van der Waals surface area contributed by atoms with Gasteiger partial charge >= 0.3 is 5.97 Å². The van der Waals surface area contributed by atoms with Crippen LogP contribution in [0.3, 0.4) is 0 Å². The summed E-state index contributed by atoms with van der Waals surface area (Å²) in [5.74, 6) is -0.536. The highest BCUT2D eigenvalue weighted by molar-refractivity contribution is 5.95. The highest BCUT2D eigenvalue weighted by Gasteiger charge is 2.31. The summed E-state index contributed by atoms with van der Waals surface area (Å²) >= 11 is 0. The van der Waals surface area contributed by atoms with E-state index in [9.17, 15) is 9.59 Å². The molecule has 0 bridgehead atoms. The summed E-state index contributed by atoms with van der Waals surface area (Å²) in [4.78, 5) is 26.1. The van der Waals surface area contributed by atoms with E-state index in [1.54, 1.807) is 4.68 Å². The molecule has 1 aliphatic heterocycles. The van der Waals surface area contributed by atoms with E-state index in [1.165, 1.54) is 0 Å². The zero-order valence-corrected chi connectivity index (χ0v) is 16.9. The lowest BCUT2D eigenvalue weighted by Crippen LogP contribution is -2.40. The molecule has 1 fully saturated rings. The molecule has 0 aliphatic carbocycles. The summed E-state index contributed by atoms with van der Waals surface area (Å²) in [5, 5.41) is 13.7. The van der Waals surface area contributed by atoms with Gasteiger partial charge in [0.15, 0.2) is 0 Å². The van der Waals surface area contributed by atoms with E-state index in [0.29, 0.717) is 25.1 Å². The van der Waals surface area contributed by atoms with Gasteiger partial charge in [0, 0.05) is 31.1 Å². The zero-order chi connectivity index (χ0) is 20.3. The van der Waals surface area contributed by atoms with E-state index in [2.05, 4.69) is 20.8 Å². The van der Waals surface area contributed by atoms with Crippen LogP contribution >= 0.6 is 0 Å². The molecule has 1 amide bonds. The van der Waals surface area contributed by atoms with Crippen molar-refractivity contribution in [1.29, 1.82) is 0 Å². The van der Waals surface area contributed by atoms with Crippen molar-refractivity contribution in [3.05, 3.63) is 47.8 Å². The van der Waals surface area contributed by atoms with Crippen LogP contribution in [0.5, 0.6) is 0 Å². The molecule has 1 saturated heterocycles. The van der Waals surface area contributed by atoms with Crippen molar-refractivity contribution in [3.8, 4) is 5.69 Å². The van der Waals surface area contributed by atoms with E-state index < -0.39 is 5.97 Å². The Kier molecular flexibility index (Phi) is 5.87. The van der Waals surface area contributed by atoms with Crippen LogP contribution in [0.1, 0.15) is 62.5 Å². The lowest BCUT2D eigenvalue weighted by molar-refractivity contribution is -0.137. The number of nitrogens with zero attached hydrogens (tertiary/aromatic N) is 3. The number of carboxylic acid groups (broad SMARTS) is 1. The Hall–Kier alpha value is -2.63. The number of hydrogen-bond acceptors (Lipinski definition) is 3. The molecule has 6 nitrogen and oxygen atoms in total. The van der Waals surface area contributed by atoms with Crippen LogP contribution in [0.2, 0.25) is 0 Å². The molecule has 0 spiro atoms. The Morgan fingerprint density at radius 2 is 1.93 bits per heavy atom. The minimum absolute atomic E-state index is 0.00729. The Morgan fingerprint density at radius 3 is 2.57 bits per heavy atom. The third kappa shape index (κ3) is 4.61. The third-order valence-electron chi connectivity index (χ3n) is 5.25. The second kappa shape index (κ2) is 8.17. The first-order chi connectivity index (χ1) is 13.3. The van der Waals surface area contributed by atoms with Crippen LogP contribution in [0.25, 0.3) is 5.69 Å². The van der Waals surface area contributed by atoms with Gasteiger partial charge in [0.1, 0.15) is 0 Å². The number of likely N-dealkylation sites (tertiary alicyclic amines) is 1. The van der Waals surface area contributed by atoms with Crippen molar-refractivity contribution in [2.45, 2.75) is 51.9 Å². The SMILES string of the molecule is CC(C)(C)c1nn(-c2ccccc2)cc1C(=O)N1CCCC(CCC(=O)O)C1. The van der Waals surface area contributed by atoms with E-state index >= 15 is 0 Å². The molecule has 2 heterocycles. The van der Waals surface area contributed by atoms with E-state index in [4.69, 9.17) is 10.2 Å². The lowest BCUT2D eigenvalue weighted by Gasteiger charge is -2.33. The van der Waals surface area contributed by atoms with Gasteiger partial charge in [-0.3, -0.25) is 9.59 Å². The summed E-state index contributed by atoms with van der Waals surface area (Å²) in [6, 6.07) is 9.79. The fourth-order valence-corrected chi connectivity index (χ4v) is 3.78. The lowest BCUT2D eigenvalue weighted by atomic mass is 9.88. The Balaban J connectivity index is 1.86. The highest BCUT2D eigenvalue weighted by atomic mass is 16.4. The predicted octanol–water partition coefficient (Wildman–Crippen LogP) is 3.89. The quantitative estimate of drug-likeness (QED) is 0.850. The Labute approximate surface area is 166 Å². The fraction of sp³-hybridized carbons (Fsp3) is 0.500. The number of carboxylic acids is 1. The maximum absolute atomic E-state index is 13.4. The van der Waals surface area contributed by atoms with Gasteiger partial charge in [-0.15, -0.1) is 0 Å². The van der Waals surface area contributed by atoms with Crippen LogP contribution in [-0.2, 0) is 10.2 Å². The molecule has 1 aliphatic rings. The fourth-order valence-electron chi connectivity index (χ4n) is 3.78. The molecule has 1 unspecified atom stereocenters. The summed E-state index contributed by atoms with van der Waals surface area (Å²) in [6.45, 7) is 7.52. The van der Waals surface area contributed by atoms with Crippen molar-refractivity contribution in [2.75, 3.05) is 13.1 Å². The minimum Gasteiger partial charge on any atom is -0.481 e. The first-order valence-electron chi connectivity index (χ1n) is 9.92. The Morgan fingerprint density at radius 1 is 1.21 bits per heavy atom. The van der Waals surface area contributed by atoms with Crippen molar-refractivity contribution in [1.82, 2.24) is 14.7 Å². The molecule has 1 aromatic heterocycles. The maximum atomic E-state index is 13.4. The van der Waals surface area contributed by atoms with Crippen molar-refractivity contribution in [3.63, 3.8) is 0 Å². The van der Waals surface area contributed by atoms with Crippen LogP contribution in [-0.4, -0.2) is 44.8 Å². The Bertz CT molecular complexity index is 836. The van der Waals surface area contributed by atoms with Gasteiger partial charge in [-0.25, -0.2) is 4.68 Å². The molecule has 6 heteroatoms. The number of rotatable bonds is 5. The molecule has 1 aromatic carbocycles. The van der Waals surface area contributed by atoms with Gasteiger partial charge in [-0.2, -0.15) is 5.10 Å². The van der Waals surface area contributed by atoms with Gasteiger partial charge in [0.2, 0.25) is 0 Å². The van der Waals surface area contributed by atoms with E-state index in [1.807, 2.05) is 41.4 Å². The molecule has 1 atom stereocenters. The van der Waals surface area contributed by atoms with E-state index in [-0.39, 0.29) is 23.7 Å². The number of carbonyl (C=O) groups excluding carboxylic acids is 1. The number of aliphatic carboxylic acids is 1. The van der Waals surface area contributed by atoms with Crippen LogP contribution in [0, 0.1) is 5.92 Å². The molecule has 28 heavy (non-hydrogen) atoms. The number of aromatic nitrogens is 2. The van der Waals surface area contributed by atoms with Crippen LogP contribution in [0.15, 0.2) is 36.5 Å². The monoisotopic (exact) mass is 383 g/mol. The van der Waals surface area contributed by atoms with Gasteiger partial charge in [0.05, 0.1) is 16.9 Å². The van der Waals surface area contributed by atoms with Crippen molar-refractivity contribution in [2.24, 2.45) is 5.92 Å². The summed E-state index contributed by atoms with van der Waals surface area (Å²) in [7, 11) is 0. The standard InChI is InChI=1S/C22H29N3O3/c1-22(2,3)20-18(15-25(23-20)17-9-5-4-6-10-17)21(28)24-13-7-8-16(14-24)11-12-19(26)27/h4-6,9-10,15-16H,7-8,11-14H2,1-3H3,(H,26,27). The number of para-hydroxylation sites is 1. The molecule has 0 radical (unpaired) electrons. The molecule has 3 rings (SSSR count). The number of carbonyl (C=O) groups is 2. The summed E-state index contributed by atoms with van der Waals surface area (Å²) in [5.41, 5.74) is 2.08. The second-order valence-electron chi connectivity index (χ2n) is 8.61. The van der Waals surface area contributed by atoms with Crippen LogP contribution in [0.4, 0.5) is 0 Å². The minimum atomic E-state index is -0.775. The smallest absolute Gasteiger partial charge is 0.303 e. The van der Waals surface area contributed by atoms with Crippen molar-refractivity contribution < 1.29 is 14.7 Å². The molecule has 150 valence electrons. The predicted molar refractivity (Wildman–Crippen MR) is 108 cm³/mol. The normalized spacial score (nSPS) is 17.5. The highest BCUT2D eigenvalue weighted by Crippen LogP contribution is 2.29. The second-order valence-corrected chi connectivity index (χ2v) is 8.61. The maximum Gasteiger partial charge on any atom is 0.303 e. The average Bonchev–Trinajstić information content (AvgIpc) is 3.13. The largest absolute Gasteiger partial charge is 0.481 e. The number of piperidine rings is 1. The van der Waals surface area contributed by atoms with Gasteiger partial charge in [0.25, 0.3) is 5.91 Å². The van der Waals surface area contributed by atoms with E-state index in [0.717, 1.165) is 24.2 Å². The molecule has 2 aromatic rings. The first kappa shape index (κ1) is 20.1. The van der Waals surface area contributed by atoms with Crippen LogP contribution < -0.4 is 0 Å². The summed E-state index contributed by atoms with van der Waals surface area (Å²) in [6.07, 6.45) is 4.50. The molecular weight excluding hydrogens is 354 g/mol. The number of hydrogen-bond donors (Lipinski definition) is 1. The number of amides is 1. The molecular formula is C22H29N3O3. The summed E-state index contributed by atoms with van der Waals surface area (Å²) < 4.78 is 1.78. The third-order valence-corrected chi connectivity index (χ3v) is 5.25. The van der Waals surface area contributed by atoms with Crippen molar-refractivity contribution >= 4 is 11.9 Å². The zero-order valence-electron chi connectivity index (χ0n) is 16.9. The molecule has 0 saturated carbocycles. The van der Waals surface area contributed by atoms with Gasteiger partial charge in [-0.1, -0.05) is 39.0 Å².